The zero-order chi connectivity index (χ0) is 23.4. The first kappa shape index (κ1) is 22.9. The van der Waals surface area contributed by atoms with Gasteiger partial charge in [-0.05, 0) is 50.5 Å². The Morgan fingerprint density at radius 1 is 1.15 bits per heavy atom. The van der Waals surface area contributed by atoms with Crippen LogP contribution in [-0.2, 0) is 4.79 Å². The van der Waals surface area contributed by atoms with Crippen LogP contribution in [0.1, 0.15) is 26.2 Å². The number of benzene rings is 2. The van der Waals surface area contributed by atoms with Gasteiger partial charge in [-0.3, -0.25) is 14.2 Å². The van der Waals surface area contributed by atoms with E-state index < -0.39 is 0 Å². The van der Waals surface area contributed by atoms with E-state index in [9.17, 15) is 9.59 Å². The smallest absolute Gasteiger partial charge is 0.266 e. The summed E-state index contributed by atoms with van der Waals surface area (Å²) in [7, 11) is 3.11. The molecular weight excluding hydrogens is 438 g/mol. The quantitative estimate of drug-likeness (QED) is 0.362. The minimum atomic E-state index is -0.200. The molecule has 0 N–H and O–H groups in total. The highest BCUT2D eigenvalue weighted by Crippen LogP contribution is 2.31. The van der Waals surface area contributed by atoms with Crippen molar-refractivity contribution < 1.29 is 14.3 Å². The first-order valence-electron chi connectivity index (χ1n) is 10.9. The minimum absolute atomic E-state index is 0.0110. The molecule has 0 saturated carbocycles. The molecule has 0 saturated heterocycles. The molecule has 33 heavy (non-hydrogen) atoms. The fraction of sp³-hybridized carbons (Fsp3) is 0.320. The van der Waals surface area contributed by atoms with Gasteiger partial charge in [-0.25, -0.2) is 4.98 Å². The van der Waals surface area contributed by atoms with Gasteiger partial charge in [0.05, 0.1) is 36.6 Å². The predicted molar refractivity (Wildman–Crippen MR) is 130 cm³/mol. The Hall–Kier alpha value is -3.26. The summed E-state index contributed by atoms with van der Waals surface area (Å²) in [5.74, 6) is 1.27. The van der Waals surface area contributed by atoms with Crippen molar-refractivity contribution in [3.05, 3.63) is 64.6 Å². The fourth-order valence-corrected chi connectivity index (χ4v) is 4.93. The van der Waals surface area contributed by atoms with E-state index in [0.717, 1.165) is 25.0 Å². The summed E-state index contributed by atoms with van der Waals surface area (Å²) in [6.07, 6.45) is 5.16. The minimum Gasteiger partial charge on any atom is -0.493 e. The maximum absolute atomic E-state index is 13.5. The zero-order valence-electron chi connectivity index (χ0n) is 19.0. The van der Waals surface area contributed by atoms with Crippen molar-refractivity contribution in [3.63, 3.8) is 0 Å². The highest BCUT2D eigenvalue weighted by molar-refractivity contribution is 7.99. The zero-order valence-corrected chi connectivity index (χ0v) is 19.9. The molecule has 0 atom stereocenters. The van der Waals surface area contributed by atoms with Crippen LogP contribution in [-0.4, -0.2) is 46.9 Å². The molecule has 8 heteroatoms. The molecule has 0 fully saturated rings. The topological polar surface area (TPSA) is 73.7 Å². The number of thioether (sulfide) groups is 1. The molecule has 0 spiro atoms. The number of aromatic nitrogens is 2. The van der Waals surface area contributed by atoms with Gasteiger partial charge in [-0.1, -0.05) is 30.0 Å². The van der Waals surface area contributed by atoms with Crippen molar-refractivity contribution in [2.45, 2.75) is 31.3 Å². The number of allylic oxidation sites excluding steroid dienone is 2. The fourth-order valence-electron chi connectivity index (χ4n) is 4.04. The van der Waals surface area contributed by atoms with Gasteiger partial charge in [0.15, 0.2) is 16.7 Å². The summed E-state index contributed by atoms with van der Waals surface area (Å²) in [6, 6.07) is 12.5. The number of hydrogen-bond acceptors (Lipinski definition) is 6. The van der Waals surface area contributed by atoms with Gasteiger partial charge >= 0.3 is 0 Å². The Balaban J connectivity index is 1.74. The second kappa shape index (κ2) is 10.1. The number of ether oxygens (including phenoxy) is 2. The number of amides is 1. The molecule has 1 aromatic heterocycles. The van der Waals surface area contributed by atoms with Crippen molar-refractivity contribution in [1.82, 2.24) is 14.5 Å². The predicted octanol–water partition coefficient (Wildman–Crippen LogP) is 4.41. The highest BCUT2D eigenvalue weighted by atomic mass is 32.2. The second-order valence-electron chi connectivity index (χ2n) is 7.61. The monoisotopic (exact) mass is 465 g/mol. The molecule has 4 rings (SSSR count). The molecule has 7 nitrogen and oxygen atoms in total. The maximum atomic E-state index is 13.5. The van der Waals surface area contributed by atoms with Gasteiger partial charge in [0.2, 0.25) is 5.91 Å². The molecule has 1 amide bonds. The number of fused-ring (bicyclic) bond motifs is 1. The van der Waals surface area contributed by atoms with E-state index >= 15 is 0 Å². The van der Waals surface area contributed by atoms with E-state index in [1.807, 2.05) is 30.0 Å². The Labute approximate surface area is 197 Å². The molecule has 0 unspecified atom stereocenters. The number of carbonyl (C=O) groups excluding carboxylic acids is 1. The van der Waals surface area contributed by atoms with Gasteiger partial charge in [0, 0.05) is 18.3 Å². The van der Waals surface area contributed by atoms with E-state index in [1.165, 1.54) is 16.3 Å². The lowest BCUT2D eigenvalue weighted by Crippen LogP contribution is -2.31. The van der Waals surface area contributed by atoms with Gasteiger partial charge in [0.25, 0.3) is 5.56 Å². The van der Waals surface area contributed by atoms with Crippen molar-refractivity contribution in [2.24, 2.45) is 0 Å². The average molecular weight is 466 g/mol. The molecule has 1 aliphatic carbocycles. The molecule has 2 aromatic carbocycles. The standard InChI is InChI=1S/C25H27N3O4S/c1-4-27(17-9-5-6-10-17)23(29)16-33-25-26-20-12-8-7-11-19(20)24(30)28(25)18-13-14-21(31-2)22(15-18)32-3/h7-9,11-15H,4-6,10,16H2,1-3H3. The molecule has 0 aliphatic heterocycles. The van der Waals surface area contributed by atoms with Gasteiger partial charge < -0.3 is 14.4 Å². The van der Waals surface area contributed by atoms with Crippen molar-refractivity contribution >= 4 is 28.6 Å². The second-order valence-corrected chi connectivity index (χ2v) is 8.55. The largest absolute Gasteiger partial charge is 0.493 e. The van der Waals surface area contributed by atoms with E-state index in [-0.39, 0.29) is 17.2 Å². The Bertz CT molecular complexity index is 1270. The summed E-state index contributed by atoms with van der Waals surface area (Å²) in [5.41, 5.74) is 2.08. The lowest BCUT2D eigenvalue weighted by molar-refractivity contribution is -0.126. The molecule has 1 aliphatic rings. The Morgan fingerprint density at radius 3 is 2.64 bits per heavy atom. The number of nitrogens with zero attached hydrogens (tertiary/aromatic N) is 3. The molecule has 0 radical (unpaired) electrons. The van der Waals surface area contributed by atoms with E-state index in [2.05, 4.69) is 6.08 Å². The van der Waals surface area contributed by atoms with Gasteiger partial charge in [0.1, 0.15) is 0 Å². The summed E-state index contributed by atoms with van der Waals surface area (Å²) in [4.78, 5) is 33.1. The summed E-state index contributed by atoms with van der Waals surface area (Å²) in [5, 5.41) is 0.963. The van der Waals surface area contributed by atoms with Crippen LogP contribution < -0.4 is 15.0 Å². The summed E-state index contributed by atoms with van der Waals surface area (Å²) < 4.78 is 12.3. The van der Waals surface area contributed by atoms with Crippen LogP contribution in [0.15, 0.2) is 64.2 Å². The number of para-hydroxylation sites is 1. The van der Waals surface area contributed by atoms with E-state index in [0.29, 0.717) is 39.8 Å². The molecule has 3 aromatic rings. The SMILES string of the molecule is CCN(C(=O)CSc1nc2ccccc2c(=O)n1-c1ccc(OC)c(OC)c1)C1=CCCC1. The summed E-state index contributed by atoms with van der Waals surface area (Å²) >= 11 is 1.27. The lowest BCUT2D eigenvalue weighted by atomic mass is 10.2. The third-order valence-corrected chi connectivity index (χ3v) is 6.60. The third kappa shape index (κ3) is 4.61. The maximum Gasteiger partial charge on any atom is 0.266 e. The molecule has 1 heterocycles. The third-order valence-electron chi connectivity index (χ3n) is 5.68. The van der Waals surface area contributed by atoms with Crippen LogP contribution in [0.5, 0.6) is 11.5 Å². The first-order valence-corrected chi connectivity index (χ1v) is 11.9. The normalized spacial score (nSPS) is 13.1. The highest BCUT2D eigenvalue weighted by Gasteiger charge is 2.21. The van der Waals surface area contributed by atoms with Gasteiger partial charge in [-0.2, -0.15) is 0 Å². The molecule has 0 bridgehead atoms. The molecule has 172 valence electrons. The Morgan fingerprint density at radius 2 is 1.94 bits per heavy atom. The van der Waals surface area contributed by atoms with Crippen LogP contribution in [0.25, 0.3) is 16.6 Å². The Kier molecular flexibility index (Phi) is 7.03. The van der Waals surface area contributed by atoms with E-state index in [1.54, 1.807) is 38.5 Å². The van der Waals surface area contributed by atoms with Crippen LogP contribution >= 0.6 is 11.8 Å². The van der Waals surface area contributed by atoms with Crippen molar-refractivity contribution in [3.8, 4) is 17.2 Å². The number of carbonyl (C=O) groups is 1. The lowest BCUT2D eigenvalue weighted by Gasteiger charge is -2.22. The summed E-state index contributed by atoms with van der Waals surface area (Å²) in [6.45, 7) is 2.61. The number of rotatable bonds is 8. The van der Waals surface area contributed by atoms with Crippen LogP contribution in [0.2, 0.25) is 0 Å². The van der Waals surface area contributed by atoms with Crippen LogP contribution in [0.3, 0.4) is 0 Å². The van der Waals surface area contributed by atoms with Crippen molar-refractivity contribution in [2.75, 3.05) is 26.5 Å². The average Bonchev–Trinajstić information content (AvgIpc) is 3.37. The first-order chi connectivity index (χ1) is 16.1. The number of hydrogen-bond donors (Lipinski definition) is 0. The van der Waals surface area contributed by atoms with Crippen LogP contribution in [0, 0.1) is 0 Å². The molecular formula is C25H27N3O4S. The number of methoxy groups -OCH3 is 2. The van der Waals surface area contributed by atoms with Crippen molar-refractivity contribution in [1.29, 1.82) is 0 Å². The van der Waals surface area contributed by atoms with Gasteiger partial charge in [-0.15, -0.1) is 0 Å². The van der Waals surface area contributed by atoms with E-state index in [4.69, 9.17) is 14.5 Å². The van der Waals surface area contributed by atoms with Crippen LogP contribution in [0.4, 0.5) is 0 Å².